The zero-order valence-electron chi connectivity index (χ0n) is 20.9. The number of amides is 2. The van der Waals surface area contributed by atoms with Crippen LogP contribution in [0, 0.1) is 0 Å². The zero-order valence-corrected chi connectivity index (χ0v) is 21.6. The van der Waals surface area contributed by atoms with E-state index in [1.165, 1.54) is 0 Å². The molecule has 2 aliphatic rings. The monoisotopic (exact) mass is 516 g/mol. The van der Waals surface area contributed by atoms with Crippen LogP contribution in [0.2, 0.25) is 5.02 Å². The fraction of sp³-hybridized carbons (Fsp3) is 0.481. The number of aliphatic carboxylic acids is 1. The number of hydrogen-bond acceptors (Lipinski definition) is 5. The van der Waals surface area contributed by atoms with Crippen LogP contribution in [0.4, 0.5) is 4.79 Å². The van der Waals surface area contributed by atoms with Gasteiger partial charge in [-0.3, -0.25) is 0 Å². The van der Waals surface area contributed by atoms with E-state index in [0.29, 0.717) is 47.5 Å². The Balaban J connectivity index is 1.58. The fourth-order valence-electron chi connectivity index (χ4n) is 4.43. The summed E-state index contributed by atoms with van der Waals surface area (Å²) in [6, 6.07) is 10.6. The number of carbonyl (C=O) groups excluding carboxylic acids is 1. The minimum atomic E-state index is -1.21. The summed E-state index contributed by atoms with van der Waals surface area (Å²) in [5.74, 6) is 0.544. The Hall–Kier alpha value is -2.97. The molecule has 8 nitrogen and oxygen atoms in total. The van der Waals surface area contributed by atoms with Gasteiger partial charge >= 0.3 is 12.0 Å². The molecule has 2 saturated carbocycles. The first-order valence-corrected chi connectivity index (χ1v) is 12.6. The summed E-state index contributed by atoms with van der Waals surface area (Å²) in [5, 5.41) is 12.7. The van der Waals surface area contributed by atoms with Gasteiger partial charge in [-0.2, -0.15) is 0 Å². The van der Waals surface area contributed by atoms with Crippen molar-refractivity contribution < 1.29 is 28.9 Å². The van der Waals surface area contributed by atoms with E-state index in [-0.39, 0.29) is 13.2 Å². The molecule has 1 unspecified atom stereocenters. The maximum atomic E-state index is 13.4. The molecule has 0 aliphatic heterocycles. The molecular weight excluding hydrogens is 484 g/mol. The Morgan fingerprint density at radius 1 is 1.19 bits per heavy atom. The molecule has 0 aromatic heterocycles. The number of nitrogens with zero attached hydrogens (tertiary/aromatic N) is 1. The van der Waals surface area contributed by atoms with E-state index in [0.717, 1.165) is 24.0 Å². The lowest BCUT2D eigenvalue weighted by Crippen LogP contribution is -2.51. The highest BCUT2D eigenvalue weighted by atomic mass is 35.5. The van der Waals surface area contributed by atoms with Crippen LogP contribution >= 0.6 is 11.6 Å². The van der Waals surface area contributed by atoms with Crippen LogP contribution in [0.5, 0.6) is 11.5 Å². The minimum Gasteiger partial charge on any atom is -0.496 e. The fourth-order valence-corrected chi connectivity index (χ4v) is 4.83. The number of rotatable bonds is 12. The molecule has 0 heterocycles. The normalized spacial score (nSPS) is 16.7. The number of methoxy groups -OCH3 is 2. The lowest BCUT2D eigenvalue weighted by molar-refractivity contribution is -0.140. The first kappa shape index (κ1) is 26.1. The molecule has 194 valence electrons. The largest absolute Gasteiger partial charge is 0.496 e. The molecule has 0 saturated heterocycles. The van der Waals surface area contributed by atoms with Gasteiger partial charge in [0.05, 0.1) is 38.5 Å². The number of carboxylic acid groups (broad SMARTS) is 1. The highest BCUT2D eigenvalue weighted by Crippen LogP contribution is 2.53. The van der Waals surface area contributed by atoms with E-state index in [9.17, 15) is 14.7 Å². The molecule has 4 rings (SSSR count). The van der Waals surface area contributed by atoms with E-state index in [1.54, 1.807) is 19.1 Å². The lowest BCUT2D eigenvalue weighted by atomic mass is 9.99. The van der Waals surface area contributed by atoms with Crippen LogP contribution in [0.25, 0.3) is 0 Å². The predicted octanol–water partition coefficient (Wildman–Crippen LogP) is 5.14. The van der Waals surface area contributed by atoms with E-state index in [1.807, 2.05) is 43.3 Å². The van der Waals surface area contributed by atoms with Gasteiger partial charge in [-0.25, -0.2) is 9.59 Å². The van der Waals surface area contributed by atoms with Gasteiger partial charge in [0.1, 0.15) is 17.0 Å². The van der Waals surface area contributed by atoms with Gasteiger partial charge in [0.15, 0.2) is 0 Å². The third-order valence-corrected chi connectivity index (χ3v) is 7.32. The summed E-state index contributed by atoms with van der Waals surface area (Å²) >= 11 is 6.83. The van der Waals surface area contributed by atoms with Gasteiger partial charge in [-0.1, -0.05) is 41.9 Å². The number of ether oxygens (including phenoxy) is 3. The number of urea groups is 1. The Morgan fingerprint density at radius 3 is 2.44 bits per heavy atom. The first-order valence-electron chi connectivity index (χ1n) is 12.2. The quantitative estimate of drug-likeness (QED) is 0.379. The van der Waals surface area contributed by atoms with Crippen molar-refractivity contribution >= 4 is 23.6 Å². The van der Waals surface area contributed by atoms with Crippen LogP contribution in [-0.2, 0) is 16.1 Å². The third kappa shape index (κ3) is 5.55. The van der Waals surface area contributed by atoms with Gasteiger partial charge in [0.2, 0.25) is 0 Å². The van der Waals surface area contributed by atoms with Crippen molar-refractivity contribution in [2.24, 2.45) is 0 Å². The Kier molecular flexibility index (Phi) is 7.95. The summed E-state index contributed by atoms with van der Waals surface area (Å²) in [6.45, 7) is 2.76. The van der Waals surface area contributed by atoms with Crippen LogP contribution in [-0.4, -0.2) is 54.9 Å². The summed E-state index contributed by atoms with van der Waals surface area (Å²) in [4.78, 5) is 26.7. The highest BCUT2D eigenvalue weighted by molar-refractivity contribution is 6.33. The molecule has 2 N–H and O–H groups in total. The molecule has 9 heteroatoms. The number of carbonyl (C=O) groups is 2. The first-order chi connectivity index (χ1) is 17.3. The van der Waals surface area contributed by atoms with Crippen molar-refractivity contribution in [1.82, 2.24) is 10.2 Å². The van der Waals surface area contributed by atoms with Crippen LogP contribution in [0.1, 0.15) is 61.3 Å². The lowest BCUT2D eigenvalue weighted by Gasteiger charge is -2.32. The van der Waals surface area contributed by atoms with E-state index in [2.05, 4.69) is 5.32 Å². The number of halogens is 1. The van der Waals surface area contributed by atoms with E-state index in [4.69, 9.17) is 25.8 Å². The second-order valence-electron chi connectivity index (χ2n) is 9.43. The maximum absolute atomic E-state index is 13.4. The molecule has 0 radical (unpaired) electrons. The molecule has 2 aromatic carbocycles. The van der Waals surface area contributed by atoms with Crippen molar-refractivity contribution in [2.75, 3.05) is 27.4 Å². The molecule has 2 aromatic rings. The second-order valence-corrected chi connectivity index (χ2v) is 9.81. The number of nitrogens with one attached hydrogen (secondary N) is 1. The van der Waals surface area contributed by atoms with Gasteiger partial charge in [-0.05, 0) is 50.2 Å². The summed E-state index contributed by atoms with van der Waals surface area (Å²) in [7, 11) is 3.18. The van der Waals surface area contributed by atoms with Crippen molar-refractivity contribution in [2.45, 2.75) is 56.7 Å². The number of hydrogen-bond donors (Lipinski definition) is 2. The topological polar surface area (TPSA) is 97.3 Å². The van der Waals surface area contributed by atoms with Crippen LogP contribution < -0.4 is 14.8 Å². The second kappa shape index (κ2) is 11.0. The number of carboxylic acids is 1. The van der Waals surface area contributed by atoms with Crippen molar-refractivity contribution in [3.05, 3.63) is 58.1 Å². The SMILES string of the molecule is COc1cc(C(C)N(CCOCc2ccccc2)C(=O)NC2(C(=O)O)CC2)c(Cl)c(OC)c1C1CC1. The summed E-state index contributed by atoms with van der Waals surface area (Å²) in [5.41, 5.74) is 1.42. The molecule has 1 atom stereocenters. The van der Waals surface area contributed by atoms with Crippen molar-refractivity contribution in [1.29, 1.82) is 0 Å². The van der Waals surface area contributed by atoms with Crippen LogP contribution in [0.3, 0.4) is 0 Å². The Labute approximate surface area is 216 Å². The van der Waals surface area contributed by atoms with Gasteiger partial charge in [-0.15, -0.1) is 0 Å². The predicted molar refractivity (Wildman–Crippen MR) is 136 cm³/mol. The highest BCUT2D eigenvalue weighted by Gasteiger charge is 2.52. The number of benzene rings is 2. The van der Waals surface area contributed by atoms with Crippen molar-refractivity contribution in [3.63, 3.8) is 0 Å². The van der Waals surface area contributed by atoms with Crippen LogP contribution in [0.15, 0.2) is 36.4 Å². The van der Waals surface area contributed by atoms with E-state index >= 15 is 0 Å². The molecule has 0 bridgehead atoms. The van der Waals surface area contributed by atoms with Crippen molar-refractivity contribution in [3.8, 4) is 11.5 Å². The van der Waals surface area contributed by atoms with E-state index < -0.39 is 23.6 Å². The summed E-state index contributed by atoms with van der Waals surface area (Å²) < 4.78 is 17.2. The Bertz CT molecular complexity index is 1100. The van der Waals surface area contributed by atoms with Gasteiger partial charge in [0, 0.05) is 17.7 Å². The molecule has 0 spiro atoms. The third-order valence-electron chi connectivity index (χ3n) is 6.93. The smallest absolute Gasteiger partial charge is 0.329 e. The maximum Gasteiger partial charge on any atom is 0.329 e. The standard InChI is InChI=1S/C27H33ClN2O6/c1-17(20-15-21(34-2)22(19-9-10-19)24(35-3)23(20)28)30(26(33)29-27(11-12-27)25(31)32)13-14-36-16-18-7-5-4-6-8-18/h4-8,15,17,19H,9-14,16H2,1-3H3,(H,29,33)(H,31,32). The molecule has 2 fully saturated rings. The summed E-state index contributed by atoms with van der Waals surface area (Å²) in [6.07, 6.45) is 2.89. The molecule has 36 heavy (non-hydrogen) atoms. The molecule has 2 aliphatic carbocycles. The zero-order chi connectivity index (χ0) is 25.9. The molecular formula is C27H33ClN2O6. The Morgan fingerprint density at radius 2 is 1.89 bits per heavy atom. The van der Waals surface area contributed by atoms with Gasteiger partial charge < -0.3 is 29.5 Å². The average Bonchev–Trinajstić information content (AvgIpc) is 3.79. The molecule has 2 amide bonds. The van der Waals surface area contributed by atoms with Gasteiger partial charge in [0.25, 0.3) is 0 Å². The minimum absolute atomic E-state index is 0.237. The average molecular weight is 517 g/mol.